The van der Waals surface area contributed by atoms with Crippen LogP contribution in [0, 0.1) is 34.3 Å². The van der Waals surface area contributed by atoms with E-state index in [0.717, 1.165) is 6.08 Å². The van der Waals surface area contributed by atoms with Crippen molar-refractivity contribution in [2.75, 3.05) is 25.1 Å². The number of carboxylic acid groups (broad SMARTS) is 1. The van der Waals surface area contributed by atoms with E-state index in [9.17, 15) is 29.2 Å². The molecule has 2 aromatic heterocycles. The van der Waals surface area contributed by atoms with E-state index in [-0.39, 0.29) is 47.4 Å². The summed E-state index contributed by atoms with van der Waals surface area (Å²) in [6, 6.07) is 14.3. The molecule has 0 bridgehead atoms. The minimum atomic E-state index is -0.743. The second kappa shape index (κ2) is 17.1. The number of pyridine rings is 2. The molecule has 50 heavy (non-hydrogen) atoms. The topological polar surface area (TPSA) is 205 Å². The summed E-state index contributed by atoms with van der Waals surface area (Å²) in [7, 11) is 1.43. The molecule has 0 atom stereocenters. The summed E-state index contributed by atoms with van der Waals surface area (Å²) in [5.41, 5.74) is 3.91. The van der Waals surface area contributed by atoms with Crippen molar-refractivity contribution in [1.29, 1.82) is 10.5 Å². The summed E-state index contributed by atoms with van der Waals surface area (Å²) in [5, 5.41) is 48.9. The van der Waals surface area contributed by atoms with E-state index in [1.54, 1.807) is 24.4 Å². The van der Waals surface area contributed by atoms with E-state index in [1.807, 2.05) is 11.0 Å². The molecule has 0 unspecified atom stereocenters. The summed E-state index contributed by atoms with van der Waals surface area (Å²) in [6.45, 7) is 0.975. The predicted octanol–water partition coefficient (Wildman–Crippen LogP) is 4.52. The van der Waals surface area contributed by atoms with Crippen LogP contribution in [0.3, 0.4) is 0 Å². The van der Waals surface area contributed by atoms with E-state index in [1.165, 1.54) is 49.1 Å². The van der Waals surface area contributed by atoms with Crippen LogP contribution < -0.4 is 20.4 Å². The van der Waals surface area contributed by atoms with Crippen LogP contribution in [0.2, 0.25) is 0 Å². The molecule has 1 saturated heterocycles. The zero-order valence-electron chi connectivity index (χ0n) is 26.6. The summed E-state index contributed by atoms with van der Waals surface area (Å²) < 4.78 is 34.6. The molecule has 1 aliphatic rings. The van der Waals surface area contributed by atoms with Crippen molar-refractivity contribution in [3.05, 3.63) is 95.0 Å². The average molecular weight is 684 g/mol. The zero-order chi connectivity index (χ0) is 36.2. The summed E-state index contributed by atoms with van der Waals surface area (Å²) >= 11 is 0. The number of amides is 1. The zero-order valence-corrected chi connectivity index (χ0v) is 26.6. The molecule has 13 nitrogen and oxygen atoms in total. The highest BCUT2D eigenvalue weighted by atomic mass is 19.1. The standard InChI is InChI=1S/C34H29F2N7O4.CH2O2/c1-47-31-6-5-21(14-30(31)44)26-18-41-34(25(16-38)33(26)22-3-4-23(15-37)27(35)13-22)43-10-8-24(9-11-43)39-19-29-28(36)12-20(17-40-29)2-7-32(45)42-46;2-1-3/h2-7,12-14,17-18,24,39,44,46H,8-11,19H2,1H3,(H,42,45);1H,(H,2,3)/b7-2+;. The fourth-order valence-electron chi connectivity index (χ4n) is 5.43. The van der Waals surface area contributed by atoms with Crippen LogP contribution in [0.5, 0.6) is 11.5 Å². The second-order valence-corrected chi connectivity index (χ2v) is 10.8. The van der Waals surface area contributed by atoms with Crippen LogP contribution in [-0.2, 0) is 16.1 Å². The first kappa shape index (κ1) is 36.4. The highest BCUT2D eigenvalue weighted by Crippen LogP contribution is 2.41. The van der Waals surface area contributed by atoms with Gasteiger partial charge in [0, 0.05) is 55.3 Å². The Balaban J connectivity index is 0.00000181. The molecule has 0 saturated carbocycles. The van der Waals surface area contributed by atoms with E-state index >= 15 is 0 Å². The smallest absolute Gasteiger partial charge is 0.290 e. The van der Waals surface area contributed by atoms with Gasteiger partial charge in [-0.25, -0.2) is 19.2 Å². The van der Waals surface area contributed by atoms with Crippen LogP contribution in [0.15, 0.2) is 60.9 Å². The third-order valence-corrected chi connectivity index (χ3v) is 7.87. The molecule has 2 aromatic carbocycles. The Morgan fingerprint density at radius 3 is 2.38 bits per heavy atom. The fraction of sp³-hybridized carbons (Fsp3) is 0.200. The number of phenols is 1. The molecule has 256 valence electrons. The van der Waals surface area contributed by atoms with Crippen LogP contribution in [0.1, 0.15) is 35.2 Å². The Hall–Kier alpha value is -6.42. The van der Waals surface area contributed by atoms with Gasteiger partial charge in [0.2, 0.25) is 0 Å². The van der Waals surface area contributed by atoms with Crippen LogP contribution in [0.4, 0.5) is 14.6 Å². The predicted molar refractivity (Wildman–Crippen MR) is 177 cm³/mol. The number of ether oxygens (including phenoxy) is 1. The molecule has 5 rings (SSSR count). The van der Waals surface area contributed by atoms with Crippen molar-refractivity contribution < 1.29 is 38.5 Å². The number of carbonyl (C=O) groups excluding carboxylic acids is 1. The average Bonchev–Trinajstić information content (AvgIpc) is 3.13. The molecule has 4 aromatic rings. The molecule has 0 radical (unpaired) electrons. The Bertz CT molecular complexity index is 1990. The lowest BCUT2D eigenvalue weighted by atomic mass is 9.91. The Kier molecular flexibility index (Phi) is 12.5. The number of methoxy groups -OCH3 is 1. The first-order valence-corrected chi connectivity index (χ1v) is 15.0. The van der Waals surface area contributed by atoms with Gasteiger partial charge in [-0.1, -0.05) is 12.1 Å². The van der Waals surface area contributed by atoms with Gasteiger partial charge in [0.1, 0.15) is 35.2 Å². The van der Waals surface area contributed by atoms with Crippen molar-refractivity contribution >= 4 is 24.3 Å². The Labute approximate surface area is 285 Å². The lowest BCUT2D eigenvalue weighted by Gasteiger charge is -2.34. The third kappa shape index (κ3) is 8.53. The fourth-order valence-corrected chi connectivity index (χ4v) is 5.43. The lowest BCUT2D eigenvalue weighted by Crippen LogP contribution is -2.43. The van der Waals surface area contributed by atoms with Crippen LogP contribution in [-0.4, -0.2) is 64.0 Å². The summed E-state index contributed by atoms with van der Waals surface area (Å²) in [6.07, 6.45) is 6.69. The normalized spacial score (nSPS) is 12.7. The van der Waals surface area contributed by atoms with Gasteiger partial charge >= 0.3 is 0 Å². The number of nitriles is 2. The molecule has 1 aliphatic heterocycles. The number of nitrogens with one attached hydrogen (secondary N) is 2. The maximum atomic E-state index is 14.8. The minimum Gasteiger partial charge on any atom is -0.504 e. The van der Waals surface area contributed by atoms with Crippen molar-refractivity contribution in [2.24, 2.45) is 0 Å². The number of hydrogen-bond acceptors (Lipinski definition) is 11. The van der Waals surface area contributed by atoms with Gasteiger partial charge in [0.25, 0.3) is 12.4 Å². The van der Waals surface area contributed by atoms with Crippen LogP contribution >= 0.6 is 0 Å². The van der Waals surface area contributed by atoms with E-state index in [0.29, 0.717) is 59.6 Å². The highest BCUT2D eigenvalue weighted by Gasteiger charge is 2.26. The number of aromatic nitrogens is 2. The van der Waals surface area contributed by atoms with Crippen molar-refractivity contribution in [2.45, 2.75) is 25.4 Å². The van der Waals surface area contributed by atoms with Gasteiger partial charge < -0.3 is 25.2 Å². The molecule has 3 heterocycles. The van der Waals surface area contributed by atoms with E-state index in [4.69, 9.17) is 19.8 Å². The Morgan fingerprint density at radius 2 is 1.78 bits per heavy atom. The van der Waals surface area contributed by atoms with Gasteiger partial charge in [-0.2, -0.15) is 10.5 Å². The van der Waals surface area contributed by atoms with Crippen LogP contribution in [0.25, 0.3) is 28.3 Å². The number of halogens is 2. The van der Waals surface area contributed by atoms with Gasteiger partial charge in [0.15, 0.2) is 11.5 Å². The number of carbonyl (C=O) groups is 2. The van der Waals surface area contributed by atoms with Crippen molar-refractivity contribution in [1.82, 2.24) is 20.8 Å². The SMILES string of the molecule is COc1ccc(-c2cnc(N3CCC(NCc4ncc(/C=C/C(=O)NO)cc4F)CC3)c(C#N)c2-c2ccc(C#N)c(F)c2)cc1O.O=CO. The van der Waals surface area contributed by atoms with Gasteiger partial charge in [-0.05, 0) is 65.9 Å². The third-order valence-electron chi connectivity index (χ3n) is 7.87. The number of rotatable bonds is 9. The number of hydrogen-bond donors (Lipinski definition) is 5. The number of nitrogens with zero attached hydrogens (tertiary/aromatic N) is 5. The van der Waals surface area contributed by atoms with Gasteiger partial charge in [-0.15, -0.1) is 0 Å². The maximum Gasteiger partial charge on any atom is 0.290 e. The quantitative estimate of drug-likeness (QED) is 0.0715. The van der Waals surface area contributed by atoms with Crippen molar-refractivity contribution in [3.8, 4) is 45.9 Å². The number of piperidine rings is 1. The first-order chi connectivity index (χ1) is 24.2. The molecular formula is C35H31F2N7O6. The van der Waals surface area contributed by atoms with Gasteiger partial charge in [-0.3, -0.25) is 19.8 Å². The Morgan fingerprint density at radius 1 is 1.06 bits per heavy atom. The molecule has 0 aliphatic carbocycles. The van der Waals surface area contributed by atoms with Gasteiger partial charge in [0.05, 0.1) is 18.4 Å². The summed E-state index contributed by atoms with van der Waals surface area (Å²) in [5.74, 6) is -1.45. The summed E-state index contributed by atoms with van der Waals surface area (Å²) in [4.78, 5) is 30.3. The first-order valence-electron chi connectivity index (χ1n) is 15.0. The number of benzene rings is 2. The van der Waals surface area contributed by atoms with E-state index in [2.05, 4.69) is 21.4 Å². The lowest BCUT2D eigenvalue weighted by molar-refractivity contribution is -0.124. The highest BCUT2D eigenvalue weighted by molar-refractivity contribution is 5.91. The molecule has 1 fully saturated rings. The number of phenolic OH excluding ortho intramolecular Hbond substituents is 1. The number of anilines is 1. The monoisotopic (exact) mass is 683 g/mol. The largest absolute Gasteiger partial charge is 0.504 e. The molecule has 0 spiro atoms. The number of aromatic hydroxyl groups is 1. The molecule has 1 amide bonds. The van der Waals surface area contributed by atoms with E-state index < -0.39 is 17.5 Å². The van der Waals surface area contributed by atoms with Crippen molar-refractivity contribution in [3.63, 3.8) is 0 Å². The molecule has 5 N–H and O–H groups in total. The number of hydroxylamine groups is 1. The second-order valence-electron chi connectivity index (χ2n) is 10.8. The molecular weight excluding hydrogens is 652 g/mol. The maximum absolute atomic E-state index is 14.8. The minimum absolute atomic E-state index is 0.0273. The molecule has 15 heteroatoms.